The molecule has 0 radical (unpaired) electrons. The van der Waals surface area contributed by atoms with Crippen LogP contribution in [0.25, 0.3) is 6.08 Å². The summed E-state index contributed by atoms with van der Waals surface area (Å²) in [5.74, 6) is 0.0744. The summed E-state index contributed by atoms with van der Waals surface area (Å²) in [6.45, 7) is 0. The Morgan fingerprint density at radius 3 is 2.75 bits per heavy atom. The number of esters is 1. The highest BCUT2D eigenvalue weighted by Gasteiger charge is 1.91. The molecule has 0 fully saturated rings. The van der Waals surface area contributed by atoms with Gasteiger partial charge in [0.05, 0.1) is 7.11 Å². The molecule has 0 amide bonds. The molecule has 4 nitrogen and oxygen atoms in total. The zero-order chi connectivity index (χ0) is 8.81. The summed E-state index contributed by atoms with van der Waals surface area (Å²) in [5.41, 5.74) is 0. The molecule has 0 unspecified atom stereocenters. The molecule has 1 aromatic heterocycles. The Kier molecular flexibility index (Phi) is 2.95. The molecular formula is C8H8N2O2. The molecule has 1 heterocycles. The number of ether oxygens (including phenoxy) is 1. The number of rotatable bonds is 2. The van der Waals surface area contributed by atoms with Crippen molar-refractivity contribution in [1.29, 1.82) is 0 Å². The Morgan fingerprint density at radius 1 is 1.50 bits per heavy atom. The Hall–Kier alpha value is -1.71. The van der Waals surface area contributed by atoms with Gasteiger partial charge in [0, 0.05) is 18.5 Å². The zero-order valence-corrected chi connectivity index (χ0v) is 6.60. The summed E-state index contributed by atoms with van der Waals surface area (Å²) in [6.07, 6.45) is 5.97. The molecule has 0 aliphatic heterocycles. The van der Waals surface area contributed by atoms with Crippen molar-refractivity contribution in [2.24, 2.45) is 0 Å². The van der Waals surface area contributed by atoms with Gasteiger partial charge in [0.15, 0.2) is 5.82 Å². The van der Waals surface area contributed by atoms with Crippen LogP contribution in [0, 0.1) is 0 Å². The van der Waals surface area contributed by atoms with Crippen molar-refractivity contribution in [1.82, 2.24) is 9.97 Å². The molecule has 1 aromatic rings. The molecule has 0 atom stereocenters. The highest BCUT2D eigenvalue weighted by molar-refractivity contribution is 5.86. The molecule has 0 aliphatic rings. The largest absolute Gasteiger partial charge is 0.466 e. The van der Waals surface area contributed by atoms with Gasteiger partial charge < -0.3 is 4.74 Å². The van der Waals surface area contributed by atoms with Gasteiger partial charge in [0.25, 0.3) is 0 Å². The van der Waals surface area contributed by atoms with Crippen LogP contribution in [0.15, 0.2) is 24.5 Å². The number of methoxy groups -OCH3 is 1. The van der Waals surface area contributed by atoms with Crippen LogP contribution >= 0.6 is 0 Å². The van der Waals surface area contributed by atoms with Crippen LogP contribution in [-0.2, 0) is 9.53 Å². The lowest BCUT2D eigenvalue weighted by Crippen LogP contribution is -1.94. The first-order valence-corrected chi connectivity index (χ1v) is 3.36. The summed E-state index contributed by atoms with van der Waals surface area (Å²) >= 11 is 0. The molecular weight excluding hydrogens is 156 g/mol. The van der Waals surface area contributed by atoms with Crippen LogP contribution in [0.1, 0.15) is 5.82 Å². The first-order valence-electron chi connectivity index (χ1n) is 3.36. The number of carbonyl (C=O) groups is 1. The summed E-state index contributed by atoms with van der Waals surface area (Å²) in [5, 5.41) is 0. The number of hydrogen-bond acceptors (Lipinski definition) is 4. The molecule has 0 spiro atoms. The molecule has 62 valence electrons. The van der Waals surface area contributed by atoms with Gasteiger partial charge in [0.2, 0.25) is 0 Å². The number of nitrogens with zero attached hydrogens (tertiary/aromatic N) is 2. The van der Waals surface area contributed by atoms with Crippen molar-refractivity contribution in [3.05, 3.63) is 30.4 Å². The maximum atomic E-state index is 10.6. The highest BCUT2D eigenvalue weighted by atomic mass is 16.5. The monoisotopic (exact) mass is 164 g/mol. The molecule has 0 aliphatic carbocycles. The summed E-state index contributed by atoms with van der Waals surface area (Å²) in [4.78, 5) is 18.4. The van der Waals surface area contributed by atoms with E-state index in [0.29, 0.717) is 5.82 Å². The van der Waals surface area contributed by atoms with Crippen LogP contribution in [0.5, 0.6) is 0 Å². The number of hydrogen-bond donors (Lipinski definition) is 0. The summed E-state index contributed by atoms with van der Waals surface area (Å²) < 4.78 is 4.39. The van der Waals surface area contributed by atoms with Crippen LogP contribution in [-0.4, -0.2) is 23.0 Å². The fraction of sp³-hybridized carbons (Fsp3) is 0.125. The van der Waals surface area contributed by atoms with Crippen LogP contribution in [0.2, 0.25) is 0 Å². The van der Waals surface area contributed by atoms with Crippen molar-refractivity contribution < 1.29 is 9.53 Å². The molecule has 1 rings (SSSR count). The lowest BCUT2D eigenvalue weighted by atomic mass is 10.4. The predicted molar refractivity (Wildman–Crippen MR) is 43.1 cm³/mol. The molecule has 0 aromatic carbocycles. The van der Waals surface area contributed by atoms with E-state index >= 15 is 0 Å². The zero-order valence-electron chi connectivity index (χ0n) is 6.60. The van der Waals surface area contributed by atoms with Crippen LogP contribution in [0.3, 0.4) is 0 Å². The minimum atomic E-state index is -0.414. The number of aromatic nitrogens is 2. The second kappa shape index (κ2) is 4.23. The van der Waals surface area contributed by atoms with E-state index in [1.165, 1.54) is 19.3 Å². The molecule has 0 saturated heterocycles. The van der Waals surface area contributed by atoms with Gasteiger partial charge in [-0.15, -0.1) is 0 Å². The van der Waals surface area contributed by atoms with E-state index in [1.54, 1.807) is 18.5 Å². The third-order valence-corrected chi connectivity index (χ3v) is 1.16. The van der Waals surface area contributed by atoms with Crippen molar-refractivity contribution in [3.8, 4) is 0 Å². The fourth-order valence-electron chi connectivity index (χ4n) is 0.607. The molecule has 0 saturated carbocycles. The predicted octanol–water partition coefficient (Wildman–Crippen LogP) is 0.663. The second-order valence-corrected chi connectivity index (χ2v) is 1.96. The lowest BCUT2D eigenvalue weighted by Gasteiger charge is -1.89. The third kappa shape index (κ3) is 2.49. The van der Waals surface area contributed by atoms with E-state index < -0.39 is 5.97 Å². The van der Waals surface area contributed by atoms with Gasteiger partial charge in [-0.2, -0.15) is 0 Å². The van der Waals surface area contributed by atoms with Crippen LogP contribution < -0.4 is 0 Å². The standard InChI is InChI=1S/C8H8N2O2/c1-12-8(11)4-3-7-9-5-2-6-10-7/h2-6H,1H3. The Morgan fingerprint density at radius 2 is 2.17 bits per heavy atom. The van der Waals surface area contributed by atoms with Crippen molar-refractivity contribution in [2.75, 3.05) is 7.11 Å². The highest BCUT2D eigenvalue weighted by Crippen LogP contribution is 1.91. The van der Waals surface area contributed by atoms with Gasteiger partial charge in [-0.1, -0.05) is 0 Å². The van der Waals surface area contributed by atoms with Crippen molar-refractivity contribution in [2.45, 2.75) is 0 Å². The molecule has 4 heteroatoms. The van der Waals surface area contributed by atoms with Crippen molar-refractivity contribution >= 4 is 12.0 Å². The normalized spacial score (nSPS) is 10.1. The molecule has 0 N–H and O–H groups in total. The smallest absolute Gasteiger partial charge is 0.330 e. The van der Waals surface area contributed by atoms with Gasteiger partial charge >= 0.3 is 5.97 Å². The lowest BCUT2D eigenvalue weighted by molar-refractivity contribution is -0.134. The summed E-state index contributed by atoms with van der Waals surface area (Å²) in [7, 11) is 1.32. The van der Waals surface area contributed by atoms with E-state index in [1.807, 2.05) is 0 Å². The topological polar surface area (TPSA) is 52.1 Å². The van der Waals surface area contributed by atoms with Crippen LogP contribution in [0.4, 0.5) is 0 Å². The van der Waals surface area contributed by atoms with Gasteiger partial charge in [-0.3, -0.25) is 0 Å². The van der Waals surface area contributed by atoms with Crippen molar-refractivity contribution in [3.63, 3.8) is 0 Å². The molecule has 0 bridgehead atoms. The summed E-state index contributed by atoms with van der Waals surface area (Å²) in [6, 6.07) is 1.70. The van der Waals surface area contributed by atoms with Gasteiger partial charge in [-0.25, -0.2) is 14.8 Å². The molecule has 12 heavy (non-hydrogen) atoms. The van der Waals surface area contributed by atoms with E-state index in [2.05, 4.69) is 14.7 Å². The average Bonchev–Trinajstić information content (AvgIpc) is 2.16. The third-order valence-electron chi connectivity index (χ3n) is 1.16. The second-order valence-electron chi connectivity index (χ2n) is 1.96. The Labute approximate surface area is 69.9 Å². The van der Waals surface area contributed by atoms with E-state index in [-0.39, 0.29) is 0 Å². The maximum absolute atomic E-state index is 10.6. The van der Waals surface area contributed by atoms with E-state index in [0.717, 1.165) is 0 Å². The van der Waals surface area contributed by atoms with Gasteiger partial charge in [0.1, 0.15) is 0 Å². The Balaban J connectivity index is 2.64. The Bertz CT molecular complexity index is 282. The quantitative estimate of drug-likeness (QED) is 0.476. The SMILES string of the molecule is COC(=O)C=Cc1ncccn1. The average molecular weight is 164 g/mol. The minimum Gasteiger partial charge on any atom is -0.466 e. The fourth-order valence-corrected chi connectivity index (χ4v) is 0.607. The number of carbonyl (C=O) groups excluding carboxylic acids is 1. The minimum absolute atomic E-state index is 0.414. The van der Waals surface area contributed by atoms with E-state index in [9.17, 15) is 4.79 Å². The first-order chi connectivity index (χ1) is 5.83. The first kappa shape index (κ1) is 8.39. The van der Waals surface area contributed by atoms with E-state index in [4.69, 9.17) is 0 Å². The maximum Gasteiger partial charge on any atom is 0.330 e. The van der Waals surface area contributed by atoms with Gasteiger partial charge in [-0.05, 0) is 12.1 Å².